The highest BCUT2D eigenvalue weighted by Gasteiger charge is 2.29. The number of nitrogens with two attached hydrogens (primary N) is 1. The van der Waals surface area contributed by atoms with Crippen LogP contribution < -0.4 is 5.32 Å². The minimum absolute atomic E-state index is 0.555. The fraction of sp³-hybridized carbons (Fsp3) is 1.00. The number of quaternary nitrogens is 1. The summed E-state index contributed by atoms with van der Waals surface area (Å²) in [6, 6.07) is 0. The lowest BCUT2D eigenvalue weighted by Crippen LogP contribution is -2.90. The zero-order valence-electron chi connectivity index (χ0n) is 8.94. The summed E-state index contributed by atoms with van der Waals surface area (Å²) in [5.74, 6) is 0. The summed E-state index contributed by atoms with van der Waals surface area (Å²) >= 11 is 0. The summed E-state index contributed by atoms with van der Waals surface area (Å²) in [5, 5.41) is 2.15. The minimum atomic E-state index is -3.18. The fourth-order valence-electron chi connectivity index (χ4n) is 1.67. The van der Waals surface area contributed by atoms with Crippen LogP contribution in [0.4, 0.5) is 0 Å². The molecule has 1 heterocycles. The van der Waals surface area contributed by atoms with E-state index in [4.69, 9.17) is 0 Å². The topological polar surface area (TPSA) is 57.2 Å². The van der Waals surface area contributed by atoms with Crippen molar-refractivity contribution < 1.29 is 13.7 Å². The highest BCUT2D eigenvalue weighted by Crippen LogP contribution is 2.07. The first kappa shape index (κ1) is 11.9. The van der Waals surface area contributed by atoms with E-state index in [9.17, 15) is 8.42 Å². The van der Waals surface area contributed by atoms with Gasteiger partial charge in [0.05, 0.1) is 26.2 Å². The zero-order valence-corrected chi connectivity index (χ0v) is 9.76. The van der Waals surface area contributed by atoms with E-state index in [2.05, 4.69) is 5.32 Å². The molecular weight excluding hydrogens is 202 g/mol. The first-order valence-corrected chi connectivity index (χ1v) is 6.59. The maximum absolute atomic E-state index is 12.0. The Morgan fingerprint density at radius 2 is 1.71 bits per heavy atom. The van der Waals surface area contributed by atoms with Gasteiger partial charge in [0, 0.05) is 13.1 Å². The molecule has 84 valence electrons. The standard InChI is InChI=1S/C8H19N3O2S/c1-3-10(4-2)14(12,13)11-7-5-9-6-8-11/h9H,3-8H2,1-2H3/p+1. The average molecular weight is 222 g/mol. The van der Waals surface area contributed by atoms with Crippen LogP contribution in [-0.4, -0.2) is 56.3 Å². The van der Waals surface area contributed by atoms with Gasteiger partial charge >= 0.3 is 0 Å². The lowest BCUT2D eigenvalue weighted by Gasteiger charge is -2.29. The minimum Gasteiger partial charge on any atom is -0.344 e. The molecule has 0 amide bonds. The molecule has 0 aromatic heterocycles. The van der Waals surface area contributed by atoms with E-state index in [1.54, 1.807) is 4.31 Å². The molecule has 0 atom stereocenters. The van der Waals surface area contributed by atoms with Crippen LogP contribution in [0.25, 0.3) is 0 Å². The summed E-state index contributed by atoms with van der Waals surface area (Å²) in [5.41, 5.74) is 0. The summed E-state index contributed by atoms with van der Waals surface area (Å²) in [7, 11) is -3.18. The molecule has 14 heavy (non-hydrogen) atoms. The Morgan fingerprint density at radius 1 is 1.21 bits per heavy atom. The van der Waals surface area contributed by atoms with Crippen molar-refractivity contribution in [3.05, 3.63) is 0 Å². The average Bonchev–Trinajstić information content (AvgIpc) is 2.20. The molecule has 1 saturated heterocycles. The van der Waals surface area contributed by atoms with Gasteiger partial charge in [0.15, 0.2) is 0 Å². The third-order valence-electron chi connectivity index (χ3n) is 2.52. The highest BCUT2D eigenvalue weighted by atomic mass is 32.2. The second-order valence-electron chi connectivity index (χ2n) is 3.36. The van der Waals surface area contributed by atoms with Gasteiger partial charge < -0.3 is 5.32 Å². The van der Waals surface area contributed by atoms with Crippen molar-refractivity contribution in [3.8, 4) is 0 Å². The quantitative estimate of drug-likeness (QED) is 0.626. The third kappa shape index (κ3) is 2.44. The van der Waals surface area contributed by atoms with Crippen LogP contribution in [0.5, 0.6) is 0 Å². The third-order valence-corrected chi connectivity index (χ3v) is 4.71. The smallest absolute Gasteiger partial charge is 0.282 e. The first-order chi connectivity index (χ1) is 6.62. The Labute approximate surface area is 86.3 Å². The van der Waals surface area contributed by atoms with Gasteiger partial charge in [-0.15, -0.1) is 0 Å². The van der Waals surface area contributed by atoms with Crippen LogP contribution >= 0.6 is 0 Å². The molecule has 2 N–H and O–H groups in total. The van der Waals surface area contributed by atoms with Gasteiger partial charge in [0.25, 0.3) is 10.2 Å². The summed E-state index contributed by atoms with van der Waals surface area (Å²) < 4.78 is 27.1. The lowest BCUT2D eigenvalue weighted by atomic mass is 10.4. The number of rotatable bonds is 4. The molecular formula is C8H20N3O2S+. The molecule has 5 nitrogen and oxygen atoms in total. The molecule has 1 aliphatic rings. The second-order valence-corrected chi connectivity index (χ2v) is 5.29. The van der Waals surface area contributed by atoms with Crippen molar-refractivity contribution in [1.29, 1.82) is 0 Å². The van der Waals surface area contributed by atoms with Crippen LogP contribution in [0.15, 0.2) is 0 Å². The van der Waals surface area contributed by atoms with Crippen molar-refractivity contribution in [1.82, 2.24) is 8.61 Å². The molecule has 1 rings (SSSR count). The normalized spacial score (nSPS) is 20.2. The SMILES string of the molecule is CCN(CC)S(=O)(=O)N1CC[NH2+]CC1. The van der Waals surface area contributed by atoms with Crippen LogP contribution in [-0.2, 0) is 10.2 Å². The van der Waals surface area contributed by atoms with Gasteiger partial charge in [-0.2, -0.15) is 17.0 Å². The highest BCUT2D eigenvalue weighted by molar-refractivity contribution is 7.86. The van der Waals surface area contributed by atoms with E-state index in [0.29, 0.717) is 26.2 Å². The molecule has 0 aromatic carbocycles. The van der Waals surface area contributed by atoms with Crippen LogP contribution in [0.1, 0.15) is 13.8 Å². The second kappa shape index (κ2) is 5.06. The predicted molar refractivity (Wildman–Crippen MR) is 55.1 cm³/mol. The Balaban J connectivity index is 2.71. The van der Waals surface area contributed by atoms with E-state index < -0.39 is 10.2 Å². The van der Waals surface area contributed by atoms with Crippen molar-refractivity contribution in [2.45, 2.75) is 13.8 Å². The number of nitrogens with zero attached hydrogens (tertiary/aromatic N) is 2. The van der Waals surface area contributed by atoms with Crippen LogP contribution in [0, 0.1) is 0 Å². The predicted octanol–water partition coefficient (Wildman–Crippen LogP) is -1.55. The van der Waals surface area contributed by atoms with Crippen molar-refractivity contribution in [3.63, 3.8) is 0 Å². The number of hydrogen-bond acceptors (Lipinski definition) is 2. The van der Waals surface area contributed by atoms with Gasteiger partial charge in [-0.1, -0.05) is 13.8 Å². The number of hydrogen-bond donors (Lipinski definition) is 1. The Morgan fingerprint density at radius 3 is 2.14 bits per heavy atom. The lowest BCUT2D eigenvalue weighted by molar-refractivity contribution is -0.661. The molecule has 6 heteroatoms. The largest absolute Gasteiger partial charge is 0.344 e. The molecule has 0 radical (unpaired) electrons. The van der Waals surface area contributed by atoms with Crippen LogP contribution in [0.2, 0.25) is 0 Å². The molecule has 0 spiro atoms. The van der Waals surface area contributed by atoms with E-state index >= 15 is 0 Å². The summed E-state index contributed by atoms with van der Waals surface area (Å²) in [6.07, 6.45) is 0. The van der Waals surface area contributed by atoms with Crippen molar-refractivity contribution in [2.24, 2.45) is 0 Å². The molecule has 0 aliphatic carbocycles. The Bertz CT molecular complexity index is 256. The zero-order chi connectivity index (χ0) is 10.6. The number of piperazine rings is 1. The van der Waals surface area contributed by atoms with Gasteiger partial charge in [-0.25, -0.2) is 0 Å². The van der Waals surface area contributed by atoms with Gasteiger partial charge in [0.2, 0.25) is 0 Å². The summed E-state index contributed by atoms with van der Waals surface area (Å²) in [4.78, 5) is 0. The van der Waals surface area contributed by atoms with Gasteiger partial charge in [0.1, 0.15) is 0 Å². The molecule has 0 saturated carbocycles. The van der Waals surface area contributed by atoms with E-state index in [0.717, 1.165) is 13.1 Å². The van der Waals surface area contributed by atoms with Gasteiger partial charge in [-0.05, 0) is 0 Å². The van der Waals surface area contributed by atoms with Crippen LogP contribution in [0.3, 0.4) is 0 Å². The summed E-state index contributed by atoms with van der Waals surface area (Å²) in [6.45, 7) is 7.88. The van der Waals surface area contributed by atoms with Crippen molar-refractivity contribution >= 4 is 10.2 Å². The molecule has 0 bridgehead atoms. The Kier molecular flexibility index (Phi) is 4.31. The maximum Gasteiger partial charge on any atom is 0.282 e. The molecule has 0 aromatic rings. The maximum atomic E-state index is 12.0. The van der Waals surface area contributed by atoms with E-state index in [1.165, 1.54) is 4.31 Å². The first-order valence-electron chi connectivity index (χ1n) is 5.19. The molecule has 1 aliphatic heterocycles. The van der Waals surface area contributed by atoms with Gasteiger partial charge in [-0.3, -0.25) is 0 Å². The molecule has 1 fully saturated rings. The monoisotopic (exact) mass is 222 g/mol. The van der Waals surface area contributed by atoms with E-state index in [-0.39, 0.29) is 0 Å². The molecule has 0 unspecified atom stereocenters. The van der Waals surface area contributed by atoms with E-state index in [1.807, 2.05) is 13.8 Å². The Hall–Kier alpha value is -0.170. The van der Waals surface area contributed by atoms with Crippen molar-refractivity contribution in [2.75, 3.05) is 39.3 Å². The fourth-order valence-corrected chi connectivity index (χ4v) is 3.32.